The molecule has 0 saturated carbocycles. The minimum atomic E-state index is -0.262. The molecule has 0 radical (unpaired) electrons. The van der Waals surface area contributed by atoms with Crippen molar-refractivity contribution in [1.82, 2.24) is 0 Å². The molecule has 0 aliphatic carbocycles. The standard InChI is InChI=1S/C21H18O5/c1-25-20-9-3-15(13-22)11-17(20)5-7-19(24)8-6-18-12-16(14-23)4-10-21(18)26-2/h3-14H,1-2H3/b7-5+,8-6+. The molecule has 0 atom stereocenters. The van der Waals surface area contributed by atoms with Crippen LogP contribution in [0.5, 0.6) is 11.5 Å². The number of rotatable bonds is 8. The van der Waals surface area contributed by atoms with Gasteiger partial charge in [-0.3, -0.25) is 14.4 Å². The van der Waals surface area contributed by atoms with Crippen molar-refractivity contribution in [1.29, 1.82) is 0 Å². The van der Waals surface area contributed by atoms with Gasteiger partial charge in [0.2, 0.25) is 0 Å². The summed E-state index contributed by atoms with van der Waals surface area (Å²) in [7, 11) is 3.03. The third-order valence-electron chi connectivity index (χ3n) is 3.63. The van der Waals surface area contributed by atoms with Crippen molar-refractivity contribution in [3.05, 3.63) is 70.8 Å². The molecule has 2 aromatic carbocycles. The summed E-state index contributed by atoms with van der Waals surface area (Å²) < 4.78 is 10.4. The van der Waals surface area contributed by atoms with Gasteiger partial charge in [-0.25, -0.2) is 0 Å². The first-order valence-electron chi connectivity index (χ1n) is 7.78. The summed E-state index contributed by atoms with van der Waals surface area (Å²) >= 11 is 0. The number of hydrogen-bond acceptors (Lipinski definition) is 5. The van der Waals surface area contributed by atoms with Crippen LogP contribution in [0.2, 0.25) is 0 Å². The molecule has 0 amide bonds. The maximum Gasteiger partial charge on any atom is 0.178 e. The van der Waals surface area contributed by atoms with Crippen LogP contribution >= 0.6 is 0 Å². The van der Waals surface area contributed by atoms with Crippen LogP contribution < -0.4 is 9.47 Å². The highest BCUT2D eigenvalue weighted by molar-refractivity contribution is 6.05. The Morgan fingerprint density at radius 2 is 1.19 bits per heavy atom. The van der Waals surface area contributed by atoms with E-state index in [4.69, 9.17) is 9.47 Å². The first-order chi connectivity index (χ1) is 12.6. The second kappa shape index (κ2) is 9.13. The van der Waals surface area contributed by atoms with Crippen LogP contribution in [0.1, 0.15) is 31.8 Å². The Kier molecular flexibility index (Phi) is 6.62. The zero-order chi connectivity index (χ0) is 18.9. The van der Waals surface area contributed by atoms with E-state index < -0.39 is 0 Å². The SMILES string of the molecule is COc1ccc(C=O)cc1/C=C/C(=O)/C=C/c1cc(C=O)ccc1OC. The van der Waals surface area contributed by atoms with E-state index in [0.29, 0.717) is 33.8 Å². The molecule has 0 unspecified atom stereocenters. The largest absolute Gasteiger partial charge is 0.496 e. The van der Waals surface area contributed by atoms with E-state index in [1.54, 1.807) is 48.6 Å². The Bertz CT molecular complexity index is 806. The lowest BCUT2D eigenvalue weighted by atomic mass is 10.1. The summed E-state index contributed by atoms with van der Waals surface area (Å²) in [5, 5.41) is 0. The quantitative estimate of drug-likeness (QED) is 0.537. The van der Waals surface area contributed by atoms with Gasteiger partial charge in [-0.15, -0.1) is 0 Å². The number of aldehydes is 2. The fourth-order valence-corrected chi connectivity index (χ4v) is 2.31. The Morgan fingerprint density at radius 3 is 1.54 bits per heavy atom. The second-order valence-corrected chi connectivity index (χ2v) is 5.31. The lowest BCUT2D eigenvalue weighted by Crippen LogP contribution is -1.92. The van der Waals surface area contributed by atoms with Gasteiger partial charge in [-0.1, -0.05) is 0 Å². The monoisotopic (exact) mass is 350 g/mol. The lowest BCUT2D eigenvalue weighted by molar-refractivity contribution is -0.110. The van der Waals surface area contributed by atoms with E-state index in [-0.39, 0.29) is 5.78 Å². The maximum atomic E-state index is 12.1. The predicted molar refractivity (Wildman–Crippen MR) is 99.8 cm³/mol. The van der Waals surface area contributed by atoms with E-state index in [1.165, 1.54) is 26.4 Å². The normalized spacial score (nSPS) is 10.8. The zero-order valence-corrected chi connectivity index (χ0v) is 14.5. The van der Waals surface area contributed by atoms with Crippen LogP contribution in [0, 0.1) is 0 Å². The third-order valence-corrected chi connectivity index (χ3v) is 3.63. The molecule has 0 spiro atoms. The molecule has 0 heterocycles. The zero-order valence-electron chi connectivity index (χ0n) is 14.5. The van der Waals surface area contributed by atoms with E-state index in [2.05, 4.69) is 0 Å². The van der Waals surface area contributed by atoms with Crippen LogP contribution in [-0.2, 0) is 4.79 Å². The lowest BCUT2D eigenvalue weighted by Gasteiger charge is -2.05. The number of carbonyl (C=O) groups is 3. The van der Waals surface area contributed by atoms with Gasteiger partial charge in [0.25, 0.3) is 0 Å². The van der Waals surface area contributed by atoms with Crippen LogP contribution in [0.4, 0.5) is 0 Å². The molecule has 5 nitrogen and oxygen atoms in total. The third kappa shape index (κ3) is 4.77. The summed E-state index contributed by atoms with van der Waals surface area (Å²) in [6.07, 6.45) is 7.36. The summed E-state index contributed by atoms with van der Waals surface area (Å²) in [4.78, 5) is 33.9. The predicted octanol–water partition coefficient (Wildman–Crippen LogP) is 3.62. The van der Waals surface area contributed by atoms with Crippen molar-refractivity contribution in [3.8, 4) is 11.5 Å². The molecule has 2 rings (SSSR count). The fourth-order valence-electron chi connectivity index (χ4n) is 2.31. The molecule has 0 aromatic heterocycles. The van der Waals surface area contributed by atoms with Crippen molar-refractivity contribution < 1.29 is 23.9 Å². The molecule has 0 aliphatic rings. The van der Waals surface area contributed by atoms with Crippen LogP contribution in [0.3, 0.4) is 0 Å². The minimum absolute atomic E-state index is 0.262. The van der Waals surface area contributed by atoms with E-state index in [9.17, 15) is 14.4 Å². The number of methoxy groups -OCH3 is 2. The molecule has 0 N–H and O–H groups in total. The number of allylic oxidation sites excluding steroid dienone is 2. The maximum absolute atomic E-state index is 12.1. The average molecular weight is 350 g/mol. The number of ketones is 1. The second-order valence-electron chi connectivity index (χ2n) is 5.31. The molecule has 0 bridgehead atoms. The summed E-state index contributed by atoms with van der Waals surface area (Å²) in [6, 6.07) is 9.87. The summed E-state index contributed by atoms with van der Waals surface area (Å²) in [5.41, 5.74) is 2.23. The highest BCUT2D eigenvalue weighted by Gasteiger charge is 2.03. The Morgan fingerprint density at radius 1 is 0.769 bits per heavy atom. The van der Waals surface area contributed by atoms with E-state index in [1.807, 2.05) is 0 Å². The van der Waals surface area contributed by atoms with Crippen LogP contribution in [0.25, 0.3) is 12.2 Å². The topological polar surface area (TPSA) is 69.7 Å². The van der Waals surface area contributed by atoms with Gasteiger partial charge in [-0.2, -0.15) is 0 Å². The van der Waals surface area contributed by atoms with Crippen LogP contribution in [0.15, 0.2) is 48.6 Å². The molecular formula is C21H18O5. The molecule has 132 valence electrons. The van der Waals surface area contributed by atoms with Crippen molar-refractivity contribution >= 4 is 30.5 Å². The first-order valence-corrected chi connectivity index (χ1v) is 7.78. The Labute approximate surface area is 151 Å². The number of ether oxygens (including phenoxy) is 2. The van der Waals surface area contributed by atoms with Crippen molar-refractivity contribution in [2.75, 3.05) is 14.2 Å². The van der Waals surface area contributed by atoms with Gasteiger partial charge < -0.3 is 9.47 Å². The van der Waals surface area contributed by atoms with Gasteiger partial charge in [0.05, 0.1) is 14.2 Å². The highest BCUT2D eigenvalue weighted by Crippen LogP contribution is 2.22. The Balaban J connectivity index is 2.21. The van der Waals surface area contributed by atoms with Crippen molar-refractivity contribution in [2.24, 2.45) is 0 Å². The van der Waals surface area contributed by atoms with Gasteiger partial charge in [-0.05, 0) is 60.7 Å². The molecule has 2 aromatic rings. The Hall–Kier alpha value is -3.47. The molecular weight excluding hydrogens is 332 g/mol. The van der Waals surface area contributed by atoms with Crippen molar-refractivity contribution in [2.45, 2.75) is 0 Å². The molecule has 0 aliphatic heterocycles. The summed E-state index contributed by atoms with van der Waals surface area (Å²) in [5.74, 6) is 0.857. The van der Waals surface area contributed by atoms with Crippen LogP contribution in [-0.4, -0.2) is 32.6 Å². The van der Waals surface area contributed by atoms with Gasteiger partial charge in [0, 0.05) is 22.3 Å². The minimum Gasteiger partial charge on any atom is -0.496 e. The van der Waals surface area contributed by atoms with Gasteiger partial charge in [0.1, 0.15) is 24.1 Å². The number of carbonyl (C=O) groups excluding carboxylic acids is 3. The summed E-state index contributed by atoms with van der Waals surface area (Å²) in [6.45, 7) is 0. The van der Waals surface area contributed by atoms with Gasteiger partial charge >= 0.3 is 0 Å². The fraction of sp³-hybridized carbons (Fsp3) is 0.0952. The number of benzene rings is 2. The van der Waals surface area contributed by atoms with Gasteiger partial charge in [0.15, 0.2) is 5.78 Å². The molecule has 26 heavy (non-hydrogen) atoms. The van der Waals surface area contributed by atoms with Crippen molar-refractivity contribution in [3.63, 3.8) is 0 Å². The number of hydrogen-bond donors (Lipinski definition) is 0. The molecule has 5 heteroatoms. The van der Waals surface area contributed by atoms with E-state index >= 15 is 0 Å². The molecule has 0 saturated heterocycles. The highest BCUT2D eigenvalue weighted by atomic mass is 16.5. The molecule has 0 fully saturated rings. The smallest absolute Gasteiger partial charge is 0.178 e. The first kappa shape index (κ1) is 18.9. The average Bonchev–Trinajstić information content (AvgIpc) is 2.69. The van der Waals surface area contributed by atoms with E-state index in [0.717, 1.165) is 12.6 Å².